The van der Waals surface area contributed by atoms with Crippen molar-refractivity contribution < 1.29 is 0 Å². The first kappa shape index (κ1) is 13.7. The van der Waals surface area contributed by atoms with Crippen LogP contribution in [0.4, 0.5) is 0 Å². The Morgan fingerprint density at radius 1 is 1.59 bits per heavy atom. The van der Waals surface area contributed by atoms with Crippen LogP contribution in [0.2, 0.25) is 5.15 Å². The maximum absolute atomic E-state index is 11.7. The number of aromatic nitrogens is 2. The quantitative estimate of drug-likeness (QED) is 0.775. The highest BCUT2D eigenvalue weighted by Crippen LogP contribution is 2.20. The minimum atomic E-state index is -0.350. The third-order valence-corrected chi connectivity index (χ3v) is 2.85. The van der Waals surface area contributed by atoms with E-state index in [1.54, 1.807) is 11.5 Å². The predicted molar refractivity (Wildman–Crippen MR) is 66.9 cm³/mol. The highest BCUT2D eigenvalue weighted by atomic mass is 35.5. The molecular formula is C12H16ClN3O. The standard InChI is InChI=1S/C12H16ClN3O/c1-9-15-10(13)7-11(17)16(9)6-4-5-12(2,3)8-14/h7H,4-6H2,1-3H3. The number of aryl methyl sites for hydroxylation is 1. The zero-order valence-electron chi connectivity index (χ0n) is 10.3. The van der Waals surface area contributed by atoms with Crippen LogP contribution in [0.25, 0.3) is 0 Å². The Balaban J connectivity index is 2.72. The van der Waals surface area contributed by atoms with Crippen molar-refractivity contribution in [2.45, 2.75) is 40.2 Å². The smallest absolute Gasteiger partial charge is 0.254 e. The minimum Gasteiger partial charge on any atom is -0.297 e. The van der Waals surface area contributed by atoms with Crippen molar-refractivity contribution in [2.75, 3.05) is 0 Å². The second-order valence-electron chi connectivity index (χ2n) is 4.72. The summed E-state index contributed by atoms with van der Waals surface area (Å²) >= 11 is 5.68. The Bertz CT molecular complexity index is 499. The van der Waals surface area contributed by atoms with Gasteiger partial charge in [0.05, 0.1) is 11.5 Å². The van der Waals surface area contributed by atoms with Gasteiger partial charge in [-0.15, -0.1) is 0 Å². The summed E-state index contributed by atoms with van der Waals surface area (Å²) < 4.78 is 1.58. The molecule has 0 aliphatic carbocycles. The number of halogens is 1. The van der Waals surface area contributed by atoms with Crippen LogP contribution in [-0.2, 0) is 6.54 Å². The topological polar surface area (TPSA) is 58.7 Å². The van der Waals surface area contributed by atoms with Gasteiger partial charge in [-0.25, -0.2) is 4.98 Å². The molecule has 0 aromatic carbocycles. The highest BCUT2D eigenvalue weighted by Gasteiger charge is 2.16. The van der Waals surface area contributed by atoms with Crippen LogP contribution in [0.1, 0.15) is 32.5 Å². The van der Waals surface area contributed by atoms with Crippen LogP contribution >= 0.6 is 11.6 Å². The summed E-state index contributed by atoms with van der Waals surface area (Å²) in [4.78, 5) is 15.7. The Morgan fingerprint density at radius 2 is 2.24 bits per heavy atom. The van der Waals surface area contributed by atoms with E-state index in [0.717, 1.165) is 12.8 Å². The molecule has 0 spiro atoms. The maximum Gasteiger partial charge on any atom is 0.254 e. The van der Waals surface area contributed by atoms with E-state index >= 15 is 0 Å². The minimum absolute atomic E-state index is 0.141. The summed E-state index contributed by atoms with van der Waals surface area (Å²) in [6.45, 7) is 6.11. The Morgan fingerprint density at radius 3 is 2.76 bits per heavy atom. The molecule has 0 saturated carbocycles. The SMILES string of the molecule is Cc1nc(Cl)cc(=O)n1CCCC(C)(C)C#N. The molecule has 0 radical (unpaired) electrons. The summed E-state index contributed by atoms with van der Waals surface area (Å²) in [5, 5.41) is 9.11. The molecule has 0 aliphatic rings. The Kier molecular flexibility index (Phi) is 4.30. The van der Waals surface area contributed by atoms with E-state index in [4.69, 9.17) is 16.9 Å². The van der Waals surface area contributed by atoms with Crippen molar-refractivity contribution in [1.82, 2.24) is 9.55 Å². The van der Waals surface area contributed by atoms with E-state index in [2.05, 4.69) is 11.1 Å². The lowest BCUT2D eigenvalue weighted by atomic mass is 9.90. The summed E-state index contributed by atoms with van der Waals surface area (Å²) in [6, 6.07) is 3.55. The van der Waals surface area contributed by atoms with Gasteiger partial charge in [0.1, 0.15) is 11.0 Å². The molecule has 1 aromatic rings. The van der Waals surface area contributed by atoms with Gasteiger partial charge in [0.2, 0.25) is 0 Å². The molecule has 0 aliphatic heterocycles. The highest BCUT2D eigenvalue weighted by molar-refractivity contribution is 6.29. The zero-order valence-corrected chi connectivity index (χ0v) is 11.1. The van der Waals surface area contributed by atoms with Crippen LogP contribution in [0, 0.1) is 23.7 Å². The second kappa shape index (κ2) is 5.33. The summed E-state index contributed by atoms with van der Waals surface area (Å²) in [7, 11) is 0. The number of nitrogens with zero attached hydrogens (tertiary/aromatic N) is 3. The molecule has 1 heterocycles. The van der Waals surface area contributed by atoms with Gasteiger partial charge in [0.25, 0.3) is 5.56 Å². The molecule has 92 valence electrons. The number of nitriles is 1. The van der Waals surface area contributed by atoms with Crippen LogP contribution < -0.4 is 5.56 Å². The van der Waals surface area contributed by atoms with Crippen molar-refractivity contribution in [1.29, 1.82) is 5.26 Å². The monoisotopic (exact) mass is 253 g/mol. The van der Waals surface area contributed by atoms with Gasteiger partial charge in [0, 0.05) is 12.6 Å². The van der Waals surface area contributed by atoms with Crippen LogP contribution in [0.5, 0.6) is 0 Å². The fourth-order valence-corrected chi connectivity index (χ4v) is 1.81. The third kappa shape index (κ3) is 3.86. The predicted octanol–water partition coefficient (Wildman–Crippen LogP) is 2.54. The number of rotatable bonds is 4. The normalized spacial score (nSPS) is 11.2. The summed E-state index contributed by atoms with van der Waals surface area (Å²) in [5.41, 5.74) is -0.491. The molecule has 0 atom stereocenters. The van der Waals surface area contributed by atoms with Gasteiger partial charge in [-0.05, 0) is 33.6 Å². The van der Waals surface area contributed by atoms with Crippen molar-refractivity contribution in [3.63, 3.8) is 0 Å². The lowest BCUT2D eigenvalue weighted by molar-refractivity contribution is 0.410. The largest absolute Gasteiger partial charge is 0.297 e. The van der Waals surface area contributed by atoms with Crippen LogP contribution in [-0.4, -0.2) is 9.55 Å². The van der Waals surface area contributed by atoms with Crippen molar-refractivity contribution >= 4 is 11.6 Å². The van der Waals surface area contributed by atoms with E-state index in [-0.39, 0.29) is 16.1 Å². The third-order valence-electron chi connectivity index (χ3n) is 2.65. The lowest BCUT2D eigenvalue weighted by Crippen LogP contribution is -2.23. The van der Waals surface area contributed by atoms with E-state index in [1.807, 2.05) is 13.8 Å². The van der Waals surface area contributed by atoms with Crippen LogP contribution in [0.3, 0.4) is 0 Å². The molecule has 1 aromatic heterocycles. The molecule has 0 fully saturated rings. The Hall–Kier alpha value is -1.34. The van der Waals surface area contributed by atoms with Crippen molar-refractivity contribution in [3.8, 4) is 6.07 Å². The Labute approximate surface area is 106 Å². The molecule has 0 bridgehead atoms. The van der Waals surface area contributed by atoms with Gasteiger partial charge >= 0.3 is 0 Å². The first-order valence-corrected chi connectivity index (χ1v) is 5.89. The van der Waals surface area contributed by atoms with Gasteiger partial charge in [-0.2, -0.15) is 5.26 Å². The first-order chi connectivity index (χ1) is 7.85. The molecule has 0 N–H and O–H groups in total. The first-order valence-electron chi connectivity index (χ1n) is 5.51. The van der Waals surface area contributed by atoms with Gasteiger partial charge in [-0.3, -0.25) is 9.36 Å². The van der Waals surface area contributed by atoms with Gasteiger partial charge in [0.15, 0.2) is 0 Å². The van der Waals surface area contributed by atoms with E-state index in [9.17, 15) is 4.79 Å². The molecule has 0 saturated heterocycles. The molecule has 0 amide bonds. The van der Waals surface area contributed by atoms with Crippen molar-refractivity contribution in [3.05, 3.63) is 27.4 Å². The maximum atomic E-state index is 11.7. The summed E-state index contributed by atoms with van der Waals surface area (Å²) in [6.07, 6.45) is 1.52. The van der Waals surface area contributed by atoms with Gasteiger partial charge < -0.3 is 0 Å². The van der Waals surface area contributed by atoms with E-state index in [1.165, 1.54) is 6.07 Å². The van der Waals surface area contributed by atoms with Crippen LogP contribution in [0.15, 0.2) is 10.9 Å². The fraction of sp³-hybridized carbons (Fsp3) is 0.583. The molecule has 1 rings (SSSR count). The zero-order chi connectivity index (χ0) is 13.1. The van der Waals surface area contributed by atoms with E-state index in [0.29, 0.717) is 12.4 Å². The molecule has 5 heteroatoms. The number of hydrogen-bond acceptors (Lipinski definition) is 3. The van der Waals surface area contributed by atoms with E-state index < -0.39 is 0 Å². The fourth-order valence-electron chi connectivity index (χ4n) is 1.59. The molecule has 4 nitrogen and oxygen atoms in total. The summed E-state index contributed by atoms with van der Waals surface area (Å²) in [5.74, 6) is 0.609. The average molecular weight is 254 g/mol. The second-order valence-corrected chi connectivity index (χ2v) is 5.10. The van der Waals surface area contributed by atoms with Gasteiger partial charge in [-0.1, -0.05) is 11.6 Å². The average Bonchev–Trinajstić information content (AvgIpc) is 2.22. The van der Waals surface area contributed by atoms with Crippen molar-refractivity contribution in [2.24, 2.45) is 5.41 Å². The molecule has 17 heavy (non-hydrogen) atoms. The molecular weight excluding hydrogens is 238 g/mol. The lowest BCUT2D eigenvalue weighted by Gasteiger charge is -2.15. The number of hydrogen-bond donors (Lipinski definition) is 0. The molecule has 0 unspecified atom stereocenters.